The molecule has 5 nitrogen and oxygen atoms in total. The number of benzene rings is 3. The molecule has 0 amide bonds. The van der Waals surface area contributed by atoms with Gasteiger partial charge in [0.1, 0.15) is 23.1 Å². The minimum Gasteiger partial charge on any atom is -0.497 e. The van der Waals surface area contributed by atoms with Gasteiger partial charge in [-0.2, -0.15) is 0 Å². The zero-order valence-electron chi connectivity index (χ0n) is 16.7. The first-order chi connectivity index (χ1) is 14.3. The molecule has 0 aliphatic heterocycles. The van der Waals surface area contributed by atoms with Gasteiger partial charge in [-0.05, 0) is 67.1 Å². The largest absolute Gasteiger partial charge is 0.497 e. The van der Waals surface area contributed by atoms with Gasteiger partial charge in [-0.3, -0.25) is 0 Å². The maximum Gasteiger partial charge on any atom is 0.141 e. The summed E-state index contributed by atoms with van der Waals surface area (Å²) in [5.74, 6) is 3.46. The predicted octanol–water partition coefficient (Wildman–Crippen LogP) is 5.19. The molecule has 0 aliphatic carbocycles. The number of para-hydroxylation sites is 2. The Hall–Kier alpha value is -3.47. The SMILES string of the molecule is COc1ccc(OCCCn2c(-c3ccc(OC)cc3)nc3ccccc32)cc1. The highest BCUT2D eigenvalue weighted by molar-refractivity contribution is 5.80. The lowest BCUT2D eigenvalue weighted by Gasteiger charge is -2.11. The third-order valence-electron chi connectivity index (χ3n) is 4.86. The van der Waals surface area contributed by atoms with Crippen molar-refractivity contribution >= 4 is 11.0 Å². The first kappa shape index (κ1) is 18.9. The van der Waals surface area contributed by atoms with E-state index in [4.69, 9.17) is 19.2 Å². The molecule has 0 N–H and O–H groups in total. The van der Waals surface area contributed by atoms with Gasteiger partial charge >= 0.3 is 0 Å². The zero-order chi connectivity index (χ0) is 20.1. The summed E-state index contributed by atoms with van der Waals surface area (Å²) in [6.45, 7) is 1.44. The van der Waals surface area contributed by atoms with Crippen LogP contribution in [0.3, 0.4) is 0 Å². The van der Waals surface area contributed by atoms with Crippen molar-refractivity contribution < 1.29 is 14.2 Å². The van der Waals surface area contributed by atoms with E-state index >= 15 is 0 Å². The number of rotatable bonds is 8. The Labute approximate surface area is 170 Å². The Bertz CT molecular complexity index is 1070. The highest BCUT2D eigenvalue weighted by atomic mass is 16.5. The summed E-state index contributed by atoms with van der Waals surface area (Å²) in [6.07, 6.45) is 0.871. The van der Waals surface area contributed by atoms with Crippen molar-refractivity contribution in [2.24, 2.45) is 0 Å². The molecule has 0 aliphatic rings. The maximum absolute atomic E-state index is 5.89. The van der Waals surface area contributed by atoms with Crippen molar-refractivity contribution in [2.75, 3.05) is 20.8 Å². The summed E-state index contributed by atoms with van der Waals surface area (Å²) in [5.41, 5.74) is 3.19. The maximum atomic E-state index is 5.89. The Morgan fingerprint density at radius 1 is 0.759 bits per heavy atom. The monoisotopic (exact) mass is 388 g/mol. The zero-order valence-corrected chi connectivity index (χ0v) is 16.7. The fraction of sp³-hybridized carbons (Fsp3) is 0.208. The highest BCUT2D eigenvalue weighted by Crippen LogP contribution is 2.27. The second-order valence-electron chi connectivity index (χ2n) is 6.68. The van der Waals surface area contributed by atoms with Crippen LogP contribution in [0.4, 0.5) is 0 Å². The molecule has 0 spiro atoms. The average Bonchev–Trinajstić information content (AvgIpc) is 3.16. The van der Waals surface area contributed by atoms with E-state index in [2.05, 4.69) is 10.6 Å². The Morgan fingerprint density at radius 2 is 1.38 bits per heavy atom. The fourth-order valence-corrected chi connectivity index (χ4v) is 3.35. The van der Waals surface area contributed by atoms with Gasteiger partial charge in [0, 0.05) is 12.1 Å². The fourth-order valence-electron chi connectivity index (χ4n) is 3.35. The average molecular weight is 388 g/mol. The van der Waals surface area contributed by atoms with Crippen molar-refractivity contribution in [1.82, 2.24) is 9.55 Å². The second-order valence-corrected chi connectivity index (χ2v) is 6.68. The lowest BCUT2D eigenvalue weighted by atomic mass is 10.2. The summed E-state index contributed by atoms with van der Waals surface area (Å²) in [5, 5.41) is 0. The van der Waals surface area contributed by atoms with Gasteiger partial charge in [0.2, 0.25) is 0 Å². The van der Waals surface area contributed by atoms with Gasteiger partial charge in [0.05, 0.1) is 31.9 Å². The summed E-state index contributed by atoms with van der Waals surface area (Å²) in [4.78, 5) is 4.86. The molecular weight excluding hydrogens is 364 g/mol. The number of hydrogen-bond donors (Lipinski definition) is 0. The first-order valence-corrected chi connectivity index (χ1v) is 9.65. The van der Waals surface area contributed by atoms with Crippen molar-refractivity contribution in [3.63, 3.8) is 0 Å². The molecule has 0 fully saturated rings. The molecule has 0 unspecified atom stereocenters. The Kier molecular flexibility index (Phi) is 5.66. The van der Waals surface area contributed by atoms with Gasteiger partial charge in [-0.1, -0.05) is 12.1 Å². The topological polar surface area (TPSA) is 45.5 Å². The summed E-state index contributed by atoms with van der Waals surface area (Å²) < 4.78 is 18.6. The smallest absolute Gasteiger partial charge is 0.141 e. The van der Waals surface area contributed by atoms with E-state index < -0.39 is 0 Å². The molecule has 4 rings (SSSR count). The molecule has 3 aromatic carbocycles. The normalized spacial score (nSPS) is 10.8. The quantitative estimate of drug-likeness (QED) is 0.390. The van der Waals surface area contributed by atoms with Gasteiger partial charge < -0.3 is 18.8 Å². The third-order valence-corrected chi connectivity index (χ3v) is 4.86. The van der Waals surface area contributed by atoms with Crippen LogP contribution in [0, 0.1) is 0 Å². The molecule has 0 radical (unpaired) electrons. The van der Waals surface area contributed by atoms with Crippen LogP contribution in [0.5, 0.6) is 17.2 Å². The van der Waals surface area contributed by atoms with Gasteiger partial charge in [0.15, 0.2) is 0 Å². The van der Waals surface area contributed by atoms with Crippen molar-refractivity contribution in [3.8, 4) is 28.6 Å². The molecular formula is C24H24N2O3. The number of imidazole rings is 1. The molecule has 1 aromatic heterocycles. The second kappa shape index (κ2) is 8.69. The van der Waals surface area contributed by atoms with E-state index in [-0.39, 0.29) is 0 Å². The predicted molar refractivity (Wildman–Crippen MR) is 115 cm³/mol. The highest BCUT2D eigenvalue weighted by Gasteiger charge is 2.12. The Balaban J connectivity index is 1.50. The molecule has 1 heterocycles. The van der Waals surface area contributed by atoms with Crippen molar-refractivity contribution in [2.45, 2.75) is 13.0 Å². The van der Waals surface area contributed by atoms with Crippen LogP contribution in [-0.4, -0.2) is 30.4 Å². The van der Waals surface area contributed by atoms with Crippen molar-refractivity contribution in [1.29, 1.82) is 0 Å². The lowest BCUT2D eigenvalue weighted by Crippen LogP contribution is -2.06. The molecule has 0 saturated carbocycles. The molecule has 0 bridgehead atoms. The van der Waals surface area contributed by atoms with Crippen LogP contribution in [-0.2, 0) is 6.54 Å². The number of aromatic nitrogens is 2. The molecule has 0 atom stereocenters. The van der Waals surface area contributed by atoms with Crippen LogP contribution in [0.1, 0.15) is 6.42 Å². The molecule has 148 valence electrons. The van der Waals surface area contributed by atoms with E-state index in [9.17, 15) is 0 Å². The number of hydrogen-bond acceptors (Lipinski definition) is 4. The van der Waals surface area contributed by atoms with Gasteiger partial charge in [0.25, 0.3) is 0 Å². The molecule has 29 heavy (non-hydrogen) atoms. The van der Waals surface area contributed by atoms with Crippen LogP contribution >= 0.6 is 0 Å². The number of methoxy groups -OCH3 is 2. The molecule has 0 saturated heterocycles. The number of aryl methyl sites for hydroxylation is 1. The standard InChI is InChI=1S/C24H24N2O3/c1-27-19-10-8-18(9-11-19)24-25-22-6-3-4-7-23(22)26(24)16-5-17-29-21-14-12-20(28-2)13-15-21/h3-4,6-15H,5,16-17H2,1-2H3. The minimum atomic E-state index is 0.626. The Morgan fingerprint density at radius 3 is 2.07 bits per heavy atom. The van der Waals surface area contributed by atoms with Gasteiger partial charge in [-0.25, -0.2) is 4.98 Å². The summed E-state index contributed by atoms with van der Waals surface area (Å²) in [6, 6.07) is 23.9. The van der Waals surface area contributed by atoms with Crippen LogP contribution in [0.2, 0.25) is 0 Å². The van der Waals surface area contributed by atoms with Crippen LogP contribution in [0.15, 0.2) is 72.8 Å². The van der Waals surface area contributed by atoms with E-state index in [1.54, 1.807) is 14.2 Å². The molecule has 4 aromatic rings. The molecule has 5 heteroatoms. The summed E-state index contributed by atoms with van der Waals surface area (Å²) in [7, 11) is 3.33. The van der Waals surface area contributed by atoms with E-state index in [1.807, 2.05) is 66.7 Å². The minimum absolute atomic E-state index is 0.626. The first-order valence-electron chi connectivity index (χ1n) is 9.65. The number of ether oxygens (including phenoxy) is 3. The lowest BCUT2D eigenvalue weighted by molar-refractivity contribution is 0.302. The number of nitrogens with zero attached hydrogens (tertiary/aromatic N) is 2. The van der Waals surface area contributed by atoms with Crippen LogP contribution in [0.25, 0.3) is 22.4 Å². The van der Waals surface area contributed by atoms with Gasteiger partial charge in [-0.15, -0.1) is 0 Å². The summed E-state index contributed by atoms with van der Waals surface area (Å²) >= 11 is 0. The van der Waals surface area contributed by atoms with E-state index in [0.717, 1.165) is 52.6 Å². The van der Waals surface area contributed by atoms with E-state index in [0.29, 0.717) is 6.61 Å². The van der Waals surface area contributed by atoms with Crippen LogP contribution < -0.4 is 14.2 Å². The van der Waals surface area contributed by atoms with Crippen molar-refractivity contribution in [3.05, 3.63) is 72.8 Å². The van der Waals surface area contributed by atoms with E-state index in [1.165, 1.54) is 0 Å². The third kappa shape index (κ3) is 4.19. The number of fused-ring (bicyclic) bond motifs is 1.